The van der Waals surface area contributed by atoms with Crippen molar-refractivity contribution in [3.05, 3.63) is 106 Å². The third-order valence-corrected chi connectivity index (χ3v) is 5.21. The van der Waals surface area contributed by atoms with Gasteiger partial charge in [0.05, 0.1) is 0 Å². The molecular formula is C25H20ClN3O2. The van der Waals surface area contributed by atoms with Crippen LogP contribution < -0.4 is 10.1 Å². The number of oxazole rings is 1. The fourth-order valence-corrected chi connectivity index (χ4v) is 3.25. The zero-order valence-electron chi connectivity index (χ0n) is 16.9. The van der Waals surface area contributed by atoms with Crippen molar-refractivity contribution in [2.24, 2.45) is 0 Å². The van der Waals surface area contributed by atoms with E-state index in [1.807, 2.05) is 79.7 Å². The molecule has 0 spiro atoms. The molecule has 1 aromatic heterocycles. The molecule has 0 aliphatic carbocycles. The Bertz CT molecular complexity index is 1210. The van der Waals surface area contributed by atoms with E-state index in [-0.39, 0.29) is 5.69 Å². The largest absolute Gasteiger partial charge is 0.457 e. The fourth-order valence-electron chi connectivity index (χ4n) is 3.09. The lowest BCUT2D eigenvalue weighted by Gasteiger charge is -2.10. The van der Waals surface area contributed by atoms with E-state index in [0.29, 0.717) is 29.8 Å². The van der Waals surface area contributed by atoms with Crippen molar-refractivity contribution in [2.45, 2.75) is 19.9 Å². The van der Waals surface area contributed by atoms with Crippen LogP contribution >= 0.6 is 11.6 Å². The third kappa shape index (κ3) is 5.06. The summed E-state index contributed by atoms with van der Waals surface area (Å²) in [6.07, 6.45) is 0.534. The topological polar surface area (TPSA) is 71.1 Å². The highest BCUT2D eigenvalue weighted by molar-refractivity contribution is 6.31. The van der Waals surface area contributed by atoms with Gasteiger partial charge in [-0.05, 0) is 42.3 Å². The van der Waals surface area contributed by atoms with Crippen molar-refractivity contribution in [2.75, 3.05) is 5.32 Å². The van der Waals surface area contributed by atoms with E-state index >= 15 is 0 Å². The van der Waals surface area contributed by atoms with Crippen LogP contribution in [0.2, 0.25) is 5.02 Å². The summed E-state index contributed by atoms with van der Waals surface area (Å²) < 4.78 is 11.7. The Hall–Kier alpha value is -3.75. The molecule has 6 heteroatoms. The summed E-state index contributed by atoms with van der Waals surface area (Å²) in [5.74, 6) is 2.33. The molecule has 0 fully saturated rings. The van der Waals surface area contributed by atoms with Gasteiger partial charge in [-0.1, -0.05) is 60.1 Å². The maximum Gasteiger partial charge on any atom is 0.232 e. The van der Waals surface area contributed by atoms with Crippen LogP contribution in [0.5, 0.6) is 11.5 Å². The van der Waals surface area contributed by atoms with E-state index in [2.05, 4.69) is 16.4 Å². The van der Waals surface area contributed by atoms with Gasteiger partial charge in [-0.15, -0.1) is 0 Å². The average molecular weight is 430 g/mol. The van der Waals surface area contributed by atoms with Crippen LogP contribution in [0.1, 0.15) is 28.3 Å². The molecule has 0 saturated heterocycles. The SMILES string of the molecule is Cc1c(Cl)cccc1Oc1ccc(CNc2oc(Cc3ccccc3)nc2C#N)cc1. The van der Waals surface area contributed by atoms with Crippen molar-refractivity contribution in [3.63, 3.8) is 0 Å². The quantitative estimate of drug-likeness (QED) is 0.363. The molecule has 154 valence electrons. The molecule has 0 bridgehead atoms. The number of hydrogen-bond acceptors (Lipinski definition) is 5. The first kappa shape index (κ1) is 20.5. The molecule has 3 aromatic carbocycles. The lowest BCUT2D eigenvalue weighted by Crippen LogP contribution is -2.00. The number of nitrogens with one attached hydrogen (secondary N) is 1. The van der Waals surface area contributed by atoms with E-state index < -0.39 is 0 Å². The monoisotopic (exact) mass is 429 g/mol. The van der Waals surface area contributed by atoms with E-state index in [0.717, 1.165) is 28.2 Å². The molecule has 0 atom stereocenters. The van der Waals surface area contributed by atoms with E-state index in [1.54, 1.807) is 0 Å². The van der Waals surface area contributed by atoms with Gasteiger partial charge in [-0.3, -0.25) is 0 Å². The molecule has 1 N–H and O–H groups in total. The van der Waals surface area contributed by atoms with Gasteiger partial charge in [-0.25, -0.2) is 4.98 Å². The van der Waals surface area contributed by atoms with E-state index in [9.17, 15) is 5.26 Å². The molecule has 1 heterocycles. The summed E-state index contributed by atoms with van der Waals surface area (Å²) in [6, 6.07) is 25.2. The summed E-state index contributed by atoms with van der Waals surface area (Å²) in [5.41, 5.74) is 3.24. The highest BCUT2D eigenvalue weighted by Crippen LogP contribution is 2.29. The van der Waals surface area contributed by atoms with Crippen molar-refractivity contribution in [3.8, 4) is 17.6 Å². The Balaban J connectivity index is 1.40. The normalized spacial score (nSPS) is 10.5. The molecule has 0 unspecified atom stereocenters. The first-order chi connectivity index (χ1) is 15.1. The zero-order chi connectivity index (χ0) is 21.6. The molecule has 4 rings (SSSR count). The number of benzene rings is 3. The maximum atomic E-state index is 9.38. The average Bonchev–Trinajstić information content (AvgIpc) is 3.18. The van der Waals surface area contributed by atoms with E-state index in [1.165, 1.54) is 0 Å². The Labute approximate surface area is 185 Å². The fraction of sp³-hybridized carbons (Fsp3) is 0.120. The Morgan fingerprint density at radius 2 is 1.77 bits per heavy atom. The molecule has 0 amide bonds. The third-order valence-electron chi connectivity index (χ3n) is 4.80. The van der Waals surface area contributed by atoms with Crippen molar-refractivity contribution in [1.82, 2.24) is 4.98 Å². The van der Waals surface area contributed by atoms with Crippen molar-refractivity contribution in [1.29, 1.82) is 5.26 Å². The molecule has 0 saturated carbocycles. The second-order valence-electron chi connectivity index (χ2n) is 7.02. The van der Waals surface area contributed by atoms with Gasteiger partial charge in [0.25, 0.3) is 0 Å². The number of ether oxygens (including phenoxy) is 1. The number of anilines is 1. The smallest absolute Gasteiger partial charge is 0.232 e. The number of hydrogen-bond donors (Lipinski definition) is 1. The molecule has 4 aromatic rings. The predicted octanol–water partition coefficient (Wildman–Crippen LogP) is 6.50. The lowest BCUT2D eigenvalue weighted by atomic mass is 10.1. The molecule has 31 heavy (non-hydrogen) atoms. The molecule has 5 nitrogen and oxygen atoms in total. The van der Waals surface area contributed by atoms with Gasteiger partial charge in [-0.2, -0.15) is 5.26 Å². The molecule has 0 aliphatic heterocycles. The number of rotatable bonds is 7. The molecule has 0 radical (unpaired) electrons. The highest BCUT2D eigenvalue weighted by atomic mass is 35.5. The minimum atomic E-state index is 0.252. The summed E-state index contributed by atoms with van der Waals surface area (Å²) in [7, 11) is 0. The first-order valence-electron chi connectivity index (χ1n) is 9.82. The number of halogens is 1. The first-order valence-corrected chi connectivity index (χ1v) is 10.2. The Kier molecular flexibility index (Phi) is 6.21. The minimum Gasteiger partial charge on any atom is -0.457 e. The van der Waals surface area contributed by atoms with Crippen LogP contribution in [0.4, 0.5) is 5.88 Å². The zero-order valence-corrected chi connectivity index (χ0v) is 17.7. The summed E-state index contributed by atoms with van der Waals surface area (Å²) in [6.45, 7) is 2.41. The number of nitriles is 1. The van der Waals surface area contributed by atoms with Crippen LogP contribution in [-0.2, 0) is 13.0 Å². The summed E-state index contributed by atoms with van der Waals surface area (Å²) >= 11 is 6.15. The molecular weight excluding hydrogens is 410 g/mol. The second-order valence-corrected chi connectivity index (χ2v) is 7.43. The van der Waals surface area contributed by atoms with Crippen LogP contribution in [-0.4, -0.2) is 4.98 Å². The van der Waals surface area contributed by atoms with E-state index in [4.69, 9.17) is 20.8 Å². The summed E-state index contributed by atoms with van der Waals surface area (Å²) in [5, 5.41) is 13.2. The van der Waals surface area contributed by atoms with Gasteiger partial charge in [0.2, 0.25) is 17.5 Å². The van der Waals surface area contributed by atoms with Gasteiger partial charge >= 0.3 is 0 Å². The summed E-state index contributed by atoms with van der Waals surface area (Å²) in [4.78, 5) is 4.29. The van der Waals surface area contributed by atoms with Crippen molar-refractivity contribution < 1.29 is 9.15 Å². The van der Waals surface area contributed by atoms with Crippen LogP contribution in [0.15, 0.2) is 77.2 Å². The van der Waals surface area contributed by atoms with Gasteiger partial charge in [0.1, 0.15) is 17.6 Å². The Morgan fingerprint density at radius 1 is 1.00 bits per heavy atom. The van der Waals surface area contributed by atoms with Crippen LogP contribution in [0.25, 0.3) is 0 Å². The van der Waals surface area contributed by atoms with Gasteiger partial charge in [0.15, 0.2) is 0 Å². The maximum absolute atomic E-state index is 9.38. The predicted molar refractivity (Wildman–Crippen MR) is 120 cm³/mol. The highest BCUT2D eigenvalue weighted by Gasteiger charge is 2.13. The lowest BCUT2D eigenvalue weighted by molar-refractivity contribution is 0.479. The second kappa shape index (κ2) is 9.38. The van der Waals surface area contributed by atoms with Crippen LogP contribution in [0.3, 0.4) is 0 Å². The minimum absolute atomic E-state index is 0.252. The number of nitrogens with zero attached hydrogens (tertiary/aromatic N) is 2. The Morgan fingerprint density at radius 3 is 2.52 bits per heavy atom. The number of aromatic nitrogens is 1. The van der Waals surface area contributed by atoms with Gasteiger partial charge < -0.3 is 14.5 Å². The standard InChI is InChI=1S/C25H20ClN3O2/c1-17-21(26)8-5-9-23(17)30-20-12-10-19(11-13-20)16-28-25-22(15-27)29-24(31-25)14-18-6-3-2-4-7-18/h2-13,28H,14,16H2,1H3. The van der Waals surface area contributed by atoms with Crippen molar-refractivity contribution >= 4 is 17.5 Å². The van der Waals surface area contributed by atoms with Gasteiger partial charge in [0, 0.05) is 23.6 Å². The molecule has 0 aliphatic rings. The van der Waals surface area contributed by atoms with Crippen LogP contribution in [0, 0.1) is 18.3 Å².